The van der Waals surface area contributed by atoms with Crippen molar-refractivity contribution in [2.24, 2.45) is 0 Å². The number of amides is 1. The smallest absolute Gasteiger partial charge is 0.339 e. The van der Waals surface area contributed by atoms with Gasteiger partial charge in [-0.05, 0) is 48.4 Å². The number of alkyl halides is 3. The zero-order chi connectivity index (χ0) is 22.2. The van der Waals surface area contributed by atoms with E-state index in [-0.39, 0.29) is 23.4 Å². The van der Waals surface area contributed by atoms with Crippen molar-refractivity contribution in [2.75, 3.05) is 39.8 Å². The number of likely N-dealkylation sites (N-methyl/N-ethyl adjacent to an activating group) is 1. The van der Waals surface area contributed by atoms with Gasteiger partial charge in [0, 0.05) is 38.1 Å². The van der Waals surface area contributed by atoms with Crippen molar-refractivity contribution in [1.82, 2.24) is 15.1 Å². The van der Waals surface area contributed by atoms with Gasteiger partial charge in [0.2, 0.25) is 5.91 Å². The summed E-state index contributed by atoms with van der Waals surface area (Å²) >= 11 is 0. The summed E-state index contributed by atoms with van der Waals surface area (Å²) < 4.78 is 53.4. The Balaban J connectivity index is 1.36. The van der Waals surface area contributed by atoms with Crippen LogP contribution in [0.1, 0.15) is 23.5 Å². The van der Waals surface area contributed by atoms with Crippen LogP contribution in [0.4, 0.5) is 17.6 Å². The van der Waals surface area contributed by atoms with E-state index < -0.39 is 17.6 Å². The maximum atomic E-state index is 13.6. The van der Waals surface area contributed by atoms with E-state index in [0.29, 0.717) is 12.1 Å². The van der Waals surface area contributed by atoms with Gasteiger partial charge >= 0.3 is 6.18 Å². The molecule has 1 saturated carbocycles. The molecule has 2 aromatic rings. The number of nitrogens with one attached hydrogen (secondary N) is 1. The first kappa shape index (κ1) is 21.8. The molecule has 0 radical (unpaired) electrons. The monoisotopic (exact) mass is 435 g/mol. The average molecular weight is 435 g/mol. The Labute approximate surface area is 178 Å². The van der Waals surface area contributed by atoms with Gasteiger partial charge in [-0.2, -0.15) is 13.2 Å². The van der Waals surface area contributed by atoms with Gasteiger partial charge < -0.3 is 15.1 Å². The minimum atomic E-state index is -4.55. The number of hydrogen-bond donors (Lipinski definition) is 1. The highest BCUT2D eigenvalue weighted by molar-refractivity contribution is 5.78. The number of carbonyl (C=O) groups excluding carboxylic acids is 1. The van der Waals surface area contributed by atoms with Gasteiger partial charge in [0.15, 0.2) is 0 Å². The Bertz CT molecular complexity index is 937. The van der Waals surface area contributed by atoms with Gasteiger partial charge in [-0.1, -0.05) is 24.3 Å². The highest BCUT2D eigenvalue weighted by atomic mass is 19.4. The number of nitrogens with zero attached hydrogens (tertiary/aromatic N) is 2. The normalized spacial score (nSPS) is 21.9. The number of piperazine rings is 1. The zero-order valence-corrected chi connectivity index (χ0v) is 17.3. The Morgan fingerprint density at radius 3 is 2.39 bits per heavy atom. The third-order valence-corrected chi connectivity index (χ3v) is 6.10. The zero-order valence-electron chi connectivity index (χ0n) is 17.3. The molecule has 1 unspecified atom stereocenters. The fourth-order valence-corrected chi connectivity index (χ4v) is 4.09. The van der Waals surface area contributed by atoms with Crippen LogP contribution in [-0.4, -0.2) is 61.5 Å². The maximum absolute atomic E-state index is 13.6. The van der Waals surface area contributed by atoms with Gasteiger partial charge in [-0.25, -0.2) is 4.39 Å². The summed E-state index contributed by atoms with van der Waals surface area (Å²) in [5.41, 5.74) is 0.307. The van der Waals surface area contributed by atoms with E-state index in [0.717, 1.165) is 56.4 Å². The summed E-state index contributed by atoms with van der Waals surface area (Å²) in [4.78, 5) is 16.4. The van der Waals surface area contributed by atoms with Gasteiger partial charge in [-0.15, -0.1) is 0 Å². The van der Waals surface area contributed by atoms with E-state index in [2.05, 4.69) is 10.2 Å². The Hall–Kier alpha value is -2.45. The molecule has 1 N–H and O–H groups in total. The quantitative estimate of drug-likeness (QED) is 0.727. The summed E-state index contributed by atoms with van der Waals surface area (Å²) in [7, 11) is 2.04. The van der Waals surface area contributed by atoms with Gasteiger partial charge in [0.25, 0.3) is 0 Å². The van der Waals surface area contributed by atoms with E-state index in [4.69, 9.17) is 0 Å². The molecule has 4 rings (SSSR count). The van der Waals surface area contributed by atoms with Crippen molar-refractivity contribution in [1.29, 1.82) is 0 Å². The molecule has 2 atom stereocenters. The lowest BCUT2D eigenvalue weighted by Gasteiger charge is -2.32. The Kier molecular flexibility index (Phi) is 6.03. The molecule has 0 aromatic heterocycles. The van der Waals surface area contributed by atoms with Crippen molar-refractivity contribution in [3.8, 4) is 11.1 Å². The van der Waals surface area contributed by atoms with Crippen LogP contribution >= 0.6 is 0 Å². The lowest BCUT2D eigenvalue weighted by molar-refractivity contribution is -0.137. The highest BCUT2D eigenvalue weighted by Crippen LogP contribution is 2.42. The molecule has 166 valence electrons. The second-order valence-electron chi connectivity index (χ2n) is 8.32. The summed E-state index contributed by atoms with van der Waals surface area (Å²) in [5.74, 6) is -0.382. The standard InChI is InChI=1S/C23H25F4N3O/c1-29-8-10-30(11-9-29)22(31)14-28-21-13-19(21)16-4-2-15(3-5-16)18-12-17(24)6-7-20(18)23(25,26)27/h2-7,12,19,21,28H,8-11,13-14H2,1H3/t19?,21-/m0/s1. The molecule has 1 aliphatic carbocycles. The first-order chi connectivity index (χ1) is 14.7. The Morgan fingerprint density at radius 1 is 1.06 bits per heavy atom. The number of benzene rings is 2. The maximum Gasteiger partial charge on any atom is 0.417 e. The highest BCUT2D eigenvalue weighted by Gasteiger charge is 2.39. The van der Waals surface area contributed by atoms with E-state index >= 15 is 0 Å². The summed E-state index contributed by atoms with van der Waals surface area (Å²) in [6.45, 7) is 3.54. The molecular formula is C23H25F4N3O. The van der Waals surface area contributed by atoms with Crippen LogP contribution < -0.4 is 5.32 Å². The number of carbonyl (C=O) groups is 1. The van der Waals surface area contributed by atoms with Crippen molar-refractivity contribution >= 4 is 5.91 Å². The van der Waals surface area contributed by atoms with Crippen LogP contribution in [0.25, 0.3) is 11.1 Å². The minimum absolute atomic E-state index is 0.0971. The molecule has 0 spiro atoms. The van der Waals surface area contributed by atoms with Crippen LogP contribution in [0, 0.1) is 5.82 Å². The van der Waals surface area contributed by atoms with Crippen LogP contribution in [0.15, 0.2) is 42.5 Å². The van der Waals surface area contributed by atoms with Crippen molar-refractivity contribution in [2.45, 2.75) is 24.6 Å². The first-order valence-corrected chi connectivity index (χ1v) is 10.4. The third kappa shape index (κ3) is 5.07. The topological polar surface area (TPSA) is 35.6 Å². The van der Waals surface area contributed by atoms with Crippen LogP contribution in [0.5, 0.6) is 0 Å². The predicted octanol–water partition coefficient (Wildman–Crippen LogP) is 3.73. The van der Waals surface area contributed by atoms with Crippen molar-refractivity contribution in [3.63, 3.8) is 0 Å². The largest absolute Gasteiger partial charge is 0.417 e. The predicted molar refractivity (Wildman–Crippen MR) is 110 cm³/mol. The van der Waals surface area contributed by atoms with Crippen LogP contribution in [0.2, 0.25) is 0 Å². The molecule has 1 aliphatic heterocycles. The number of rotatable bonds is 5. The second kappa shape index (κ2) is 8.59. The summed E-state index contributed by atoms with van der Waals surface area (Å²) in [6.07, 6.45) is -3.67. The van der Waals surface area contributed by atoms with Gasteiger partial charge in [0.1, 0.15) is 5.82 Å². The molecular weight excluding hydrogens is 410 g/mol. The van der Waals surface area contributed by atoms with E-state index in [1.807, 2.05) is 11.9 Å². The van der Waals surface area contributed by atoms with Gasteiger partial charge in [0.05, 0.1) is 12.1 Å². The average Bonchev–Trinajstić information content (AvgIpc) is 3.51. The van der Waals surface area contributed by atoms with E-state index in [1.165, 1.54) is 0 Å². The number of halogens is 4. The molecule has 2 aliphatic rings. The molecule has 0 bridgehead atoms. The fraction of sp³-hybridized carbons (Fsp3) is 0.435. The molecule has 4 nitrogen and oxygen atoms in total. The molecule has 2 fully saturated rings. The first-order valence-electron chi connectivity index (χ1n) is 10.4. The molecule has 8 heteroatoms. The molecule has 1 saturated heterocycles. The van der Waals surface area contributed by atoms with E-state index in [9.17, 15) is 22.4 Å². The van der Waals surface area contributed by atoms with Gasteiger partial charge in [-0.3, -0.25) is 4.79 Å². The van der Waals surface area contributed by atoms with Crippen LogP contribution in [-0.2, 0) is 11.0 Å². The van der Waals surface area contributed by atoms with E-state index in [1.54, 1.807) is 24.3 Å². The summed E-state index contributed by atoms with van der Waals surface area (Å²) in [6, 6.07) is 9.48. The molecule has 1 amide bonds. The molecule has 2 aromatic carbocycles. The Morgan fingerprint density at radius 2 is 1.74 bits per heavy atom. The van der Waals surface area contributed by atoms with Crippen LogP contribution in [0.3, 0.4) is 0 Å². The van der Waals surface area contributed by atoms with Crippen molar-refractivity contribution < 1.29 is 22.4 Å². The third-order valence-electron chi connectivity index (χ3n) is 6.10. The second-order valence-corrected chi connectivity index (χ2v) is 8.32. The van der Waals surface area contributed by atoms with Crippen molar-refractivity contribution in [3.05, 3.63) is 59.4 Å². The fourth-order valence-electron chi connectivity index (χ4n) is 4.09. The number of hydrogen-bond acceptors (Lipinski definition) is 3. The molecule has 1 heterocycles. The summed E-state index contributed by atoms with van der Waals surface area (Å²) in [5, 5.41) is 3.29. The molecule has 31 heavy (non-hydrogen) atoms. The minimum Gasteiger partial charge on any atom is -0.339 e. The lowest BCUT2D eigenvalue weighted by Crippen LogP contribution is -2.49. The SMILES string of the molecule is CN1CCN(C(=O)CN[C@H]2CC2c2ccc(-c3cc(F)ccc3C(F)(F)F)cc2)CC1. The lowest BCUT2D eigenvalue weighted by atomic mass is 9.97.